The van der Waals surface area contributed by atoms with Crippen molar-refractivity contribution >= 4 is 5.69 Å². The van der Waals surface area contributed by atoms with Gasteiger partial charge in [0.2, 0.25) is 0 Å². The average molecular weight is 194 g/mol. The number of nitro groups is 1. The fourth-order valence-corrected chi connectivity index (χ4v) is 1.35. The Balaban J connectivity index is 2.97. The van der Waals surface area contributed by atoms with Crippen LogP contribution in [0.15, 0.2) is 18.2 Å². The molecule has 0 aromatic heterocycles. The van der Waals surface area contributed by atoms with E-state index in [9.17, 15) is 10.1 Å². The Bertz CT molecular complexity index is 337. The second-order valence-corrected chi connectivity index (χ2v) is 3.24. The van der Waals surface area contributed by atoms with Crippen molar-refractivity contribution in [2.75, 3.05) is 13.6 Å². The number of nitrogens with one attached hydrogen (secondary N) is 1. The second kappa shape index (κ2) is 4.72. The number of benzene rings is 1. The van der Waals surface area contributed by atoms with Gasteiger partial charge in [0.15, 0.2) is 0 Å². The number of hydrogen-bond acceptors (Lipinski definition) is 3. The molecule has 0 saturated heterocycles. The molecule has 76 valence electrons. The highest BCUT2D eigenvalue weighted by molar-refractivity contribution is 5.42. The fourth-order valence-electron chi connectivity index (χ4n) is 1.35. The van der Waals surface area contributed by atoms with Gasteiger partial charge in [0.05, 0.1) is 4.92 Å². The van der Waals surface area contributed by atoms with Crippen molar-refractivity contribution in [3.05, 3.63) is 39.4 Å². The largest absolute Gasteiger partial charge is 0.319 e. The van der Waals surface area contributed by atoms with Crippen molar-refractivity contribution in [3.63, 3.8) is 0 Å². The van der Waals surface area contributed by atoms with Gasteiger partial charge in [0.25, 0.3) is 5.69 Å². The first-order chi connectivity index (χ1) is 6.65. The molecular weight excluding hydrogens is 180 g/mol. The van der Waals surface area contributed by atoms with E-state index >= 15 is 0 Å². The molecule has 0 bridgehead atoms. The molecule has 1 aromatic carbocycles. The molecule has 0 atom stereocenters. The Morgan fingerprint density at radius 1 is 1.50 bits per heavy atom. The summed E-state index contributed by atoms with van der Waals surface area (Å²) in [6.45, 7) is 2.69. The van der Waals surface area contributed by atoms with Gasteiger partial charge in [-0.15, -0.1) is 0 Å². The van der Waals surface area contributed by atoms with Crippen molar-refractivity contribution in [2.24, 2.45) is 0 Å². The summed E-state index contributed by atoms with van der Waals surface area (Å²) < 4.78 is 0. The van der Waals surface area contributed by atoms with Crippen LogP contribution < -0.4 is 5.32 Å². The van der Waals surface area contributed by atoms with Crippen molar-refractivity contribution in [1.29, 1.82) is 0 Å². The summed E-state index contributed by atoms with van der Waals surface area (Å²) in [6.07, 6.45) is 0.689. The van der Waals surface area contributed by atoms with E-state index in [0.29, 0.717) is 6.42 Å². The van der Waals surface area contributed by atoms with Crippen molar-refractivity contribution < 1.29 is 4.92 Å². The molecule has 0 amide bonds. The lowest BCUT2D eigenvalue weighted by Gasteiger charge is -2.03. The van der Waals surface area contributed by atoms with Crippen LogP contribution in [-0.4, -0.2) is 18.5 Å². The SMILES string of the molecule is CNCCc1cc(C)ccc1[N+](=O)[O-]. The number of rotatable bonds is 4. The topological polar surface area (TPSA) is 55.2 Å². The lowest BCUT2D eigenvalue weighted by molar-refractivity contribution is -0.385. The van der Waals surface area contributed by atoms with Gasteiger partial charge < -0.3 is 5.32 Å². The van der Waals surface area contributed by atoms with E-state index in [-0.39, 0.29) is 10.6 Å². The third-order valence-corrected chi connectivity index (χ3v) is 2.08. The van der Waals surface area contributed by atoms with Crippen molar-refractivity contribution in [1.82, 2.24) is 5.32 Å². The summed E-state index contributed by atoms with van der Waals surface area (Å²) in [7, 11) is 1.83. The number of nitrogens with zero attached hydrogens (tertiary/aromatic N) is 1. The van der Waals surface area contributed by atoms with Gasteiger partial charge in [-0.25, -0.2) is 0 Å². The molecule has 1 aromatic rings. The van der Waals surface area contributed by atoms with Crippen molar-refractivity contribution in [2.45, 2.75) is 13.3 Å². The van der Waals surface area contributed by atoms with E-state index in [1.165, 1.54) is 0 Å². The second-order valence-electron chi connectivity index (χ2n) is 3.24. The summed E-state index contributed by atoms with van der Waals surface area (Å²) in [5.74, 6) is 0. The Hall–Kier alpha value is -1.42. The van der Waals surface area contributed by atoms with E-state index < -0.39 is 0 Å². The molecule has 0 fully saturated rings. The maximum absolute atomic E-state index is 10.7. The van der Waals surface area contributed by atoms with Gasteiger partial charge in [-0.3, -0.25) is 10.1 Å². The third kappa shape index (κ3) is 2.53. The highest BCUT2D eigenvalue weighted by Gasteiger charge is 2.12. The molecule has 4 nitrogen and oxygen atoms in total. The van der Waals surface area contributed by atoms with Gasteiger partial charge in [-0.05, 0) is 33.0 Å². The number of nitro benzene ring substituents is 1. The average Bonchev–Trinajstić information content (AvgIpc) is 2.14. The van der Waals surface area contributed by atoms with E-state index in [2.05, 4.69) is 5.32 Å². The first-order valence-corrected chi connectivity index (χ1v) is 4.53. The predicted octanol–water partition coefficient (Wildman–Crippen LogP) is 1.67. The predicted molar refractivity (Wildman–Crippen MR) is 55.5 cm³/mol. The molecule has 4 heteroatoms. The zero-order valence-corrected chi connectivity index (χ0v) is 8.41. The highest BCUT2D eigenvalue weighted by atomic mass is 16.6. The number of aryl methyl sites for hydroxylation is 1. The van der Waals surface area contributed by atoms with Crippen LogP contribution >= 0.6 is 0 Å². The smallest absolute Gasteiger partial charge is 0.272 e. The third-order valence-electron chi connectivity index (χ3n) is 2.08. The van der Waals surface area contributed by atoms with Crippen LogP contribution in [-0.2, 0) is 6.42 Å². The van der Waals surface area contributed by atoms with Crippen LogP contribution in [0.25, 0.3) is 0 Å². The molecule has 0 aliphatic carbocycles. The van der Waals surface area contributed by atoms with Crippen molar-refractivity contribution in [3.8, 4) is 0 Å². The van der Waals surface area contributed by atoms with Crippen LogP contribution in [0.5, 0.6) is 0 Å². The lowest BCUT2D eigenvalue weighted by Crippen LogP contribution is -2.11. The van der Waals surface area contributed by atoms with Crippen LogP contribution in [0.2, 0.25) is 0 Å². The summed E-state index contributed by atoms with van der Waals surface area (Å²) in [5.41, 5.74) is 2.07. The number of hydrogen-bond donors (Lipinski definition) is 1. The van der Waals surface area contributed by atoms with Gasteiger partial charge in [-0.1, -0.05) is 11.6 Å². The minimum atomic E-state index is -0.329. The lowest BCUT2D eigenvalue weighted by atomic mass is 10.1. The molecule has 0 unspecified atom stereocenters. The van der Waals surface area contributed by atoms with Crippen LogP contribution in [0.4, 0.5) is 5.69 Å². The molecule has 0 aliphatic rings. The summed E-state index contributed by atoms with van der Waals surface area (Å²) >= 11 is 0. The first kappa shape index (κ1) is 10.7. The summed E-state index contributed by atoms with van der Waals surface area (Å²) in [5, 5.41) is 13.7. The normalized spacial score (nSPS) is 10.1. The van der Waals surface area contributed by atoms with Gasteiger partial charge in [0, 0.05) is 11.6 Å². The molecule has 0 radical (unpaired) electrons. The Morgan fingerprint density at radius 3 is 2.79 bits per heavy atom. The monoisotopic (exact) mass is 194 g/mol. The van der Waals surface area contributed by atoms with Crippen LogP contribution in [0.1, 0.15) is 11.1 Å². The van der Waals surface area contributed by atoms with E-state index in [1.54, 1.807) is 12.1 Å². The molecule has 1 rings (SSSR count). The van der Waals surface area contributed by atoms with Gasteiger partial charge in [-0.2, -0.15) is 0 Å². The fraction of sp³-hybridized carbons (Fsp3) is 0.400. The molecule has 14 heavy (non-hydrogen) atoms. The van der Waals surface area contributed by atoms with Crippen LogP contribution in [0, 0.1) is 17.0 Å². The minimum absolute atomic E-state index is 0.214. The molecule has 0 saturated carbocycles. The zero-order valence-electron chi connectivity index (χ0n) is 8.41. The quantitative estimate of drug-likeness (QED) is 0.586. The number of likely N-dealkylation sites (N-methyl/N-ethyl adjacent to an activating group) is 1. The first-order valence-electron chi connectivity index (χ1n) is 4.53. The van der Waals surface area contributed by atoms with E-state index in [4.69, 9.17) is 0 Å². The van der Waals surface area contributed by atoms with Gasteiger partial charge in [0.1, 0.15) is 0 Å². The van der Waals surface area contributed by atoms with Crippen LogP contribution in [0.3, 0.4) is 0 Å². The molecule has 0 aliphatic heterocycles. The molecule has 1 N–H and O–H groups in total. The van der Waals surface area contributed by atoms with Gasteiger partial charge >= 0.3 is 0 Å². The van der Waals surface area contributed by atoms with E-state index in [1.807, 2.05) is 20.0 Å². The Morgan fingerprint density at radius 2 is 2.21 bits per heavy atom. The standard InChI is InChI=1S/C10H14N2O2/c1-8-3-4-10(12(13)14)9(7-8)5-6-11-2/h3-4,7,11H,5-6H2,1-2H3. The maximum atomic E-state index is 10.7. The Labute approximate surface area is 83.1 Å². The summed E-state index contributed by atoms with van der Waals surface area (Å²) in [4.78, 5) is 10.4. The molecule has 0 spiro atoms. The minimum Gasteiger partial charge on any atom is -0.319 e. The molecule has 0 heterocycles. The molecular formula is C10H14N2O2. The summed E-state index contributed by atoms with van der Waals surface area (Å²) in [6, 6.07) is 5.21. The maximum Gasteiger partial charge on any atom is 0.272 e. The highest BCUT2D eigenvalue weighted by Crippen LogP contribution is 2.19. The zero-order chi connectivity index (χ0) is 10.6. The Kier molecular flexibility index (Phi) is 3.59. The van der Waals surface area contributed by atoms with E-state index in [0.717, 1.165) is 17.7 Å².